The predicted octanol–water partition coefficient (Wildman–Crippen LogP) is 3.31. The molecule has 0 bridgehead atoms. The van der Waals surface area contributed by atoms with Gasteiger partial charge >= 0.3 is 7.12 Å². The van der Waals surface area contributed by atoms with E-state index in [1.165, 1.54) is 0 Å². The van der Waals surface area contributed by atoms with Gasteiger partial charge < -0.3 is 19.3 Å². The molecule has 0 aliphatic carbocycles. The molecule has 2 N–H and O–H groups in total. The van der Waals surface area contributed by atoms with Gasteiger partial charge in [-0.15, -0.1) is 0 Å². The highest BCUT2D eigenvalue weighted by Crippen LogP contribution is 2.37. The van der Waals surface area contributed by atoms with Gasteiger partial charge in [0, 0.05) is 13.3 Å². The Labute approximate surface area is 140 Å². The molecule has 124 valence electrons. The lowest BCUT2D eigenvalue weighted by molar-refractivity contribution is 0.00578. The highest BCUT2D eigenvalue weighted by Gasteiger charge is 2.51. The van der Waals surface area contributed by atoms with Crippen LogP contribution in [0.3, 0.4) is 0 Å². The summed E-state index contributed by atoms with van der Waals surface area (Å²) in [5.41, 5.74) is 8.10. The second kappa shape index (κ2) is 7.15. The van der Waals surface area contributed by atoms with Crippen LogP contribution in [0.4, 0.5) is 11.4 Å². The van der Waals surface area contributed by atoms with Crippen LogP contribution in [-0.2, 0) is 9.31 Å². The van der Waals surface area contributed by atoms with Gasteiger partial charge in [0.2, 0.25) is 0 Å². The van der Waals surface area contributed by atoms with Crippen molar-refractivity contribution in [3.63, 3.8) is 0 Å². The largest absolute Gasteiger partial charge is 0.494 e. The molecule has 0 radical (unpaired) electrons. The summed E-state index contributed by atoms with van der Waals surface area (Å²) >= 11 is 1.61. The van der Waals surface area contributed by atoms with Crippen molar-refractivity contribution in [3.8, 4) is 0 Å². The topological polar surface area (TPSA) is 47.7 Å². The standard InChI is InChI=1S/C14H23BN2O2S.C2H6/c1-13(2)14(3,4)19-15(18-13)10-7-8-11(16)12(9-10)17(5)20-6;1-2/h7-9H,16H2,1-6H3;1-2H3. The average Bonchev–Trinajstić information content (AvgIpc) is 2.69. The maximum absolute atomic E-state index is 6.07. The van der Waals surface area contributed by atoms with E-state index in [9.17, 15) is 0 Å². The molecule has 0 spiro atoms. The molecule has 4 nitrogen and oxygen atoms in total. The summed E-state index contributed by atoms with van der Waals surface area (Å²) in [5.74, 6) is 0. The first-order valence-corrected chi connectivity index (χ1v) is 8.89. The number of rotatable bonds is 3. The molecule has 1 aromatic carbocycles. The molecule has 1 aromatic rings. The van der Waals surface area contributed by atoms with Gasteiger partial charge in [0.1, 0.15) is 0 Å². The average molecular weight is 324 g/mol. The van der Waals surface area contributed by atoms with E-state index in [4.69, 9.17) is 15.0 Å². The number of anilines is 2. The molecule has 6 heteroatoms. The van der Waals surface area contributed by atoms with Crippen LogP contribution in [0, 0.1) is 0 Å². The Bertz CT molecular complexity index is 493. The van der Waals surface area contributed by atoms with Gasteiger partial charge in [0.15, 0.2) is 0 Å². The van der Waals surface area contributed by atoms with Crippen molar-refractivity contribution in [1.82, 2.24) is 0 Å². The zero-order valence-corrected chi connectivity index (χ0v) is 15.9. The highest BCUT2D eigenvalue weighted by molar-refractivity contribution is 7.99. The molecular weight excluding hydrogens is 295 g/mol. The molecule has 1 aliphatic heterocycles. The summed E-state index contributed by atoms with van der Waals surface area (Å²) in [6.07, 6.45) is 2.01. The monoisotopic (exact) mass is 324 g/mol. The van der Waals surface area contributed by atoms with Crippen molar-refractivity contribution in [3.05, 3.63) is 18.2 Å². The molecule has 0 unspecified atom stereocenters. The number of hydrogen-bond acceptors (Lipinski definition) is 5. The highest BCUT2D eigenvalue weighted by atomic mass is 32.2. The maximum atomic E-state index is 6.07. The Morgan fingerprint density at radius 3 is 2.05 bits per heavy atom. The zero-order chi connectivity index (χ0) is 17.1. The quantitative estimate of drug-likeness (QED) is 0.525. The molecule has 1 heterocycles. The minimum Gasteiger partial charge on any atom is -0.399 e. The van der Waals surface area contributed by atoms with Crippen LogP contribution < -0.4 is 15.5 Å². The summed E-state index contributed by atoms with van der Waals surface area (Å²) in [6.45, 7) is 12.2. The number of nitrogens with two attached hydrogens (primary N) is 1. The van der Waals surface area contributed by atoms with Gasteiger partial charge in [-0.25, -0.2) is 0 Å². The van der Waals surface area contributed by atoms with Crippen LogP contribution in [0.2, 0.25) is 0 Å². The van der Waals surface area contributed by atoms with Crippen LogP contribution in [0.1, 0.15) is 41.5 Å². The molecule has 0 amide bonds. The van der Waals surface area contributed by atoms with Crippen molar-refractivity contribution in [1.29, 1.82) is 0 Å². The van der Waals surface area contributed by atoms with Crippen LogP contribution in [0.25, 0.3) is 0 Å². The summed E-state index contributed by atoms with van der Waals surface area (Å²) < 4.78 is 14.2. The van der Waals surface area contributed by atoms with Gasteiger partial charge in [-0.05, 0) is 45.3 Å². The van der Waals surface area contributed by atoms with Crippen LogP contribution in [0.15, 0.2) is 18.2 Å². The first kappa shape index (κ1) is 19.2. The lowest BCUT2D eigenvalue weighted by Crippen LogP contribution is -2.41. The SMILES string of the molecule is CC.CSN(C)c1cc(B2OC(C)(C)C(C)(C)O2)ccc1N. The number of benzene rings is 1. The molecule has 1 saturated heterocycles. The van der Waals surface area contributed by atoms with Gasteiger partial charge in [0.25, 0.3) is 0 Å². The predicted molar refractivity (Wildman–Crippen MR) is 99.8 cm³/mol. The van der Waals surface area contributed by atoms with E-state index in [-0.39, 0.29) is 18.3 Å². The second-order valence-electron chi connectivity index (χ2n) is 6.09. The Balaban J connectivity index is 0.00000116. The number of hydrogen-bond donors (Lipinski definition) is 1. The number of nitrogens with zero attached hydrogens (tertiary/aromatic N) is 1. The van der Waals surface area contributed by atoms with E-state index in [0.717, 1.165) is 16.8 Å². The Kier molecular flexibility index (Phi) is 6.24. The summed E-state index contributed by atoms with van der Waals surface area (Å²) in [6, 6.07) is 5.91. The van der Waals surface area contributed by atoms with Crippen molar-refractivity contribution < 1.29 is 9.31 Å². The fourth-order valence-electron chi connectivity index (χ4n) is 2.06. The van der Waals surface area contributed by atoms with E-state index in [0.29, 0.717) is 0 Å². The first-order chi connectivity index (χ1) is 10.2. The minimum atomic E-state index is -0.352. The lowest BCUT2D eigenvalue weighted by atomic mass is 9.79. The van der Waals surface area contributed by atoms with Crippen LogP contribution in [-0.4, -0.2) is 31.6 Å². The van der Waals surface area contributed by atoms with Crippen molar-refractivity contribution in [2.75, 3.05) is 23.3 Å². The molecule has 0 atom stereocenters. The maximum Gasteiger partial charge on any atom is 0.494 e. The molecule has 1 fully saturated rings. The summed E-state index contributed by atoms with van der Waals surface area (Å²) in [4.78, 5) is 0. The molecule has 22 heavy (non-hydrogen) atoms. The molecular formula is C16H29BN2O2S. The number of nitrogen functional groups attached to an aromatic ring is 1. The third kappa shape index (κ3) is 3.73. The molecule has 1 aliphatic rings. The lowest BCUT2D eigenvalue weighted by Gasteiger charge is -2.32. The van der Waals surface area contributed by atoms with E-state index < -0.39 is 0 Å². The third-order valence-electron chi connectivity index (χ3n) is 4.19. The normalized spacial score (nSPS) is 18.6. The van der Waals surface area contributed by atoms with Crippen molar-refractivity contribution in [2.24, 2.45) is 0 Å². The van der Waals surface area contributed by atoms with Gasteiger partial charge in [-0.1, -0.05) is 31.9 Å². The van der Waals surface area contributed by atoms with Gasteiger partial charge in [-0.3, -0.25) is 0 Å². The second-order valence-corrected chi connectivity index (χ2v) is 7.00. The molecule has 2 rings (SSSR count). The first-order valence-electron chi connectivity index (χ1n) is 7.71. The summed E-state index contributed by atoms with van der Waals surface area (Å²) in [5, 5.41) is 0. The van der Waals surface area contributed by atoms with E-state index >= 15 is 0 Å². The third-order valence-corrected chi connectivity index (χ3v) is 4.94. The van der Waals surface area contributed by atoms with Crippen LogP contribution in [0.5, 0.6) is 0 Å². The van der Waals surface area contributed by atoms with Crippen molar-refractivity contribution in [2.45, 2.75) is 52.7 Å². The Morgan fingerprint density at radius 1 is 1.09 bits per heavy atom. The van der Waals surface area contributed by atoms with E-state index in [2.05, 4.69) is 27.7 Å². The Morgan fingerprint density at radius 2 is 1.59 bits per heavy atom. The zero-order valence-electron chi connectivity index (χ0n) is 15.1. The Hall–Kier alpha value is -0.845. The fraction of sp³-hybridized carbons (Fsp3) is 0.625. The fourth-order valence-corrected chi connectivity index (χ4v) is 2.41. The van der Waals surface area contributed by atoms with Gasteiger partial charge in [-0.2, -0.15) is 0 Å². The van der Waals surface area contributed by atoms with E-state index in [1.807, 2.05) is 49.7 Å². The van der Waals surface area contributed by atoms with Gasteiger partial charge in [0.05, 0.1) is 22.6 Å². The summed E-state index contributed by atoms with van der Waals surface area (Å²) in [7, 11) is 1.64. The molecule has 0 aromatic heterocycles. The molecule has 0 saturated carbocycles. The van der Waals surface area contributed by atoms with Crippen molar-refractivity contribution >= 4 is 35.9 Å². The minimum absolute atomic E-state index is 0.329. The van der Waals surface area contributed by atoms with E-state index in [1.54, 1.807) is 11.9 Å². The van der Waals surface area contributed by atoms with Crippen LogP contribution >= 0.6 is 11.9 Å². The smallest absolute Gasteiger partial charge is 0.399 e.